The summed E-state index contributed by atoms with van der Waals surface area (Å²) < 4.78 is 76.2. The fraction of sp³-hybridized carbons (Fsp3) is 0.500. The highest BCUT2D eigenvalue weighted by atomic mass is 32.2. The minimum Gasteiger partial charge on any atom is -0.468 e. The molecule has 4 aromatic rings. The van der Waals surface area contributed by atoms with Gasteiger partial charge in [0.2, 0.25) is 15.0 Å². The zero-order valence-electron chi connectivity index (χ0n) is 30.6. The molecule has 0 spiro atoms. The number of sulfone groups is 1. The second-order valence-corrected chi connectivity index (χ2v) is 22.0. The van der Waals surface area contributed by atoms with Gasteiger partial charge in [-0.15, -0.1) is 5.54 Å². The van der Waals surface area contributed by atoms with E-state index in [0.717, 1.165) is 6.26 Å². The van der Waals surface area contributed by atoms with Gasteiger partial charge in [-0.3, -0.25) is 0 Å². The predicted octanol–water partition coefficient (Wildman–Crippen LogP) is 7.62. The molecule has 0 amide bonds. The van der Waals surface area contributed by atoms with Gasteiger partial charge in [0, 0.05) is 37.5 Å². The SMILES string of the molecule is COCOc1cc(-c2nc3c4c(nc(S(C)(=O)=O)nc4c2F)N2CCCOCC2CC3)c2c(C#C[Si](C(C)C)(C(C)C)C(C)C)c(F)ccc2c1. The molecule has 1 atom stereocenters. The van der Waals surface area contributed by atoms with Gasteiger partial charge in [-0.2, -0.15) is 0 Å². The Morgan fingerprint density at radius 3 is 2.43 bits per heavy atom. The highest BCUT2D eigenvalue weighted by molar-refractivity contribution is 7.90. The molecule has 0 saturated carbocycles. The third kappa shape index (κ3) is 6.72. The topological polar surface area (TPSA) is 104 Å². The molecule has 1 saturated heterocycles. The van der Waals surface area contributed by atoms with Crippen LogP contribution in [0.1, 0.15) is 65.6 Å². The molecular formula is C38H46F2N4O5SSi. The number of halogens is 2. The Morgan fingerprint density at radius 1 is 1.04 bits per heavy atom. The minimum absolute atomic E-state index is 0.0728. The third-order valence-electron chi connectivity index (χ3n) is 10.5. The summed E-state index contributed by atoms with van der Waals surface area (Å²) in [6.45, 7) is 14.6. The van der Waals surface area contributed by atoms with Gasteiger partial charge in [0.1, 0.15) is 36.7 Å². The predicted molar refractivity (Wildman–Crippen MR) is 199 cm³/mol. The van der Waals surface area contributed by atoms with Gasteiger partial charge >= 0.3 is 0 Å². The molecule has 9 nitrogen and oxygen atoms in total. The first kappa shape index (κ1) is 37.1. The Balaban J connectivity index is 1.71. The van der Waals surface area contributed by atoms with Crippen molar-refractivity contribution < 1.29 is 31.4 Å². The van der Waals surface area contributed by atoms with Crippen molar-refractivity contribution in [2.45, 2.75) is 88.6 Å². The van der Waals surface area contributed by atoms with Crippen LogP contribution in [-0.4, -0.2) is 77.4 Å². The summed E-state index contributed by atoms with van der Waals surface area (Å²) in [5, 5.41) is 0.859. The largest absolute Gasteiger partial charge is 0.468 e. The lowest BCUT2D eigenvalue weighted by Gasteiger charge is -2.38. The van der Waals surface area contributed by atoms with Crippen LogP contribution in [0.2, 0.25) is 16.6 Å². The first-order valence-electron chi connectivity index (χ1n) is 17.5. The van der Waals surface area contributed by atoms with Gasteiger partial charge in [-0.05, 0) is 59.5 Å². The maximum atomic E-state index is 17.3. The molecule has 0 bridgehead atoms. The summed E-state index contributed by atoms with van der Waals surface area (Å²) >= 11 is 0. The molecule has 13 heteroatoms. The summed E-state index contributed by atoms with van der Waals surface area (Å²) in [5.74, 6) is 2.62. The average molecular weight is 737 g/mol. The van der Waals surface area contributed by atoms with Crippen LogP contribution < -0.4 is 9.64 Å². The highest BCUT2D eigenvalue weighted by Crippen LogP contribution is 2.43. The number of nitrogens with zero attached hydrogens (tertiary/aromatic N) is 4. The molecule has 6 rings (SSSR count). The van der Waals surface area contributed by atoms with Gasteiger partial charge in [0.15, 0.2) is 12.6 Å². The molecule has 0 aliphatic carbocycles. The summed E-state index contributed by atoms with van der Waals surface area (Å²) in [5.41, 5.74) is 5.23. The molecule has 51 heavy (non-hydrogen) atoms. The molecule has 0 N–H and O–H groups in total. The molecule has 2 aliphatic heterocycles. The van der Waals surface area contributed by atoms with Crippen molar-refractivity contribution in [3.8, 4) is 28.5 Å². The second-order valence-electron chi connectivity index (χ2n) is 14.6. The lowest BCUT2D eigenvalue weighted by Crippen LogP contribution is -2.43. The van der Waals surface area contributed by atoms with E-state index in [1.807, 2.05) is 4.90 Å². The molecule has 2 aromatic carbocycles. The molecule has 1 unspecified atom stereocenters. The van der Waals surface area contributed by atoms with Crippen LogP contribution in [0.25, 0.3) is 32.9 Å². The van der Waals surface area contributed by atoms with Crippen LogP contribution in [0, 0.1) is 23.1 Å². The van der Waals surface area contributed by atoms with Gasteiger partial charge in [0.25, 0.3) is 0 Å². The number of fused-ring (bicyclic) bond motifs is 3. The van der Waals surface area contributed by atoms with E-state index in [0.29, 0.717) is 89.1 Å². The van der Waals surface area contributed by atoms with Crippen molar-refractivity contribution in [3.05, 3.63) is 47.2 Å². The smallest absolute Gasteiger partial charge is 0.249 e. The van der Waals surface area contributed by atoms with Crippen LogP contribution in [0.4, 0.5) is 14.6 Å². The van der Waals surface area contributed by atoms with Gasteiger partial charge in [-0.25, -0.2) is 32.2 Å². The number of hydrogen-bond acceptors (Lipinski definition) is 9. The molecule has 2 aliphatic rings. The number of pyridine rings is 1. The van der Waals surface area contributed by atoms with Crippen molar-refractivity contribution in [1.29, 1.82) is 0 Å². The first-order chi connectivity index (χ1) is 24.2. The maximum absolute atomic E-state index is 17.3. The number of aromatic nitrogens is 3. The standard InChI is InChI=1S/C38H46F2N4O5SSi/c1-22(2)51(23(3)4,24(5)6)17-14-28-30(39)12-10-25-18-27(49-21-47-7)19-29(32(25)28)35-34(40)36-33-31(41-35)13-11-26-20-48-16-9-15-44(26)37(33)43-38(42-36)50(8,45)46/h10,12,18-19,22-24,26H,9,11,13,15-16,20-21H2,1-8H3. The minimum atomic E-state index is -3.94. The highest BCUT2D eigenvalue weighted by Gasteiger charge is 2.42. The van der Waals surface area contributed by atoms with Gasteiger partial charge in [0.05, 0.1) is 29.3 Å². The Bertz CT molecular complexity index is 2150. The lowest BCUT2D eigenvalue weighted by molar-refractivity contribution is 0.0512. The number of anilines is 1. The number of hydrogen-bond donors (Lipinski definition) is 0. The van der Waals surface area contributed by atoms with Crippen LogP contribution in [0.15, 0.2) is 29.4 Å². The van der Waals surface area contributed by atoms with Crippen LogP contribution >= 0.6 is 0 Å². The summed E-state index contributed by atoms with van der Waals surface area (Å²) in [6.07, 6.45) is 2.76. The summed E-state index contributed by atoms with van der Waals surface area (Å²) in [7, 11) is -4.75. The molecule has 1 fully saturated rings. The van der Waals surface area contributed by atoms with E-state index in [-0.39, 0.29) is 35.2 Å². The maximum Gasteiger partial charge on any atom is 0.249 e. The van der Waals surface area contributed by atoms with Crippen molar-refractivity contribution in [2.75, 3.05) is 44.8 Å². The number of aryl methyl sites for hydroxylation is 1. The second kappa shape index (κ2) is 14.4. The monoisotopic (exact) mass is 736 g/mol. The molecule has 4 heterocycles. The Hall–Kier alpha value is -3.70. The number of benzene rings is 2. The van der Waals surface area contributed by atoms with Crippen LogP contribution in [-0.2, 0) is 25.7 Å². The fourth-order valence-electron chi connectivity index (χ4n) is 8.13. The fourth-order valence-corrected chi connectivity index (χ4v) is 13.8. The lowest BCUT2D eigenvalue weighted by atomic mass is 9.95. The zero-order valence-corrected chi connectivity index (χ0v) is 32.4. The van der Waals surface area contributed by atoms with Crippen LogP contribution in [0.3, 0.4) is 0 Å². The normalized spacial score (nSPS) is 16.7. The summed E-state index contributed by atoms with van der Waals surface area (Å²) in [6, 6.07) is 6.24. The van der Waals surface area contributed by atoms with Crippen LogP contribution in [0.5, 0.6) is 5.75 Å². The molecular weight excluding hydrogens is 691 g/mol. The van der Waals surface area contributed by atoms with E-state index in [4.69, 9.17) is 19.2 Å². The Labute approximate surface area is 300 Å². The zero-order chi connectivity index (χ0) is 36.8. The average Bonchev–Trinajstić information content (AvgIpc) is 3.39. The van der Waals surface area contributed by atoms with Crippen molar-refractivity contribution in [2.24, 2.45) is 0 Å². The first-order valence-corrected chi connectivity index (χ1v) is 21.7. The molecule has 2 aromatic heterocycles. The molecule has 0 radical (unpaired) electrons. The number of rotatable bonds is 8. The van der Waals surface area contributed by atoms with Gasteiger partial charge in [-0.1, -0.05) is 53.5 Å². The van der Waals surface area contributed by atoms with Gasteiger partial charge < -0.3 is 19.1 Å². The van der Waals surface area contributed by atoms with E-state index >= 15 is 8.78 Å². The van der Waals surface area contributed by atoms with E-state index in [1.165, 1.54) is 13.2 Å². The quantitative estimate of drug-likeness (QED) is 0.0783. The van der Waals surface area contributed by atoms with E-state index in [2.05, 4.69) is 63.0 Å². The van der Waals surface area contributed by atoms with E-state index in [1.54, 1.807) is 18.2 Å². The van der Waals surface area contributed by atoms with Crippen molar-refractivity contribution in [3.63, 3.8) is 0 Å². The molecule has 272 valence electrons. The Morgan fingerprint density at radius 2 is 1.76 bits per heavy atom. The van der Waals surface area contributed by atoms with E-state index in [9.17, 15) is 8.42 Å². The number of methoxy groups -OCH3 is 1. The van der Waals surface area contributed by atoms with Crippen molar-refractivity contribution in [1.82, 2.24) is 15.0 Å². The van der Waals surface area contributed by atoms with Crippen molar-refractivity contribution >= 4 is 45.4 Å². The summed E-state index contributed by atoms with van der Waals surface area (Å²) in [4.78, 5) is 15.8. The third-order valence-corrected chi connectivity index (χ3v) is 17.6. The Kier molecular flexibility index (Phi) is 10.4. The number of ether oxygens (including phenoxy) is 3. The van der Waals surface area contributed by atoms with E-state index < -0.39 is 34.7 Å².